The molecule has 0 radical (unpaired) electrons. The summed E-state index contributed by atoms with van der Waals surface area (Å²) in [6.07, 6.45) is 9.01. The second-order valence-corrected chi connectivity index (χ2v) is 8.64. The van der Waals surface area contributed by atoms with Crippen LogP contribution in [0.4, 0.5) is 4.39 Å². The second kappa shape index (κ2) is 8.96. The maximum absolute atomic E-state index is 14.8. The number of hydrogen-bond donors (Lipinski definition) is 0. The summed E-state index contributed by atoms with van der Waals surface area (Å²) in [6.45, 7) is 2.98. The Morgan fingerprint density at radius 2 is 2.00 bits per heavy atom. The van der Waals surface area contributed by atoms with E-state index in [1.807, 2.05) is 21.7 Å². The molecule has 0 N–H and O–H groups in total. The number of carbonyl (C=O) groups is 1. The molecule has 2 aliphatic heterocycles. The van der Waals surface area contributed by atoms with Crippen molar-refractivity contribution in [2.24, 2.45) is 5.92 Å². The Bertz CT molecular complexity index is 1100. The predicted molar refractivity (Wildman–Crippen MR) is 116 cm³/mol. The lowest BCUT2D eigenvalue weighted by Crippen LogP contribution is -2.51. The van der Waals surface area contributed by atoms with Crippen LogP contribution < -0.4 is 0 Å². The highest BCUT2D eigenvalue weighted by Gasteiger charge is 2.46. The Morgan fingerprint density at radius 3 is 2.84 bits per heavy atom. The van der Waals surface area contributed by atoms with Gasteiger partial charge in [0.05, 0.1) is 30.5 Å². The first-order valence-electron chi connectivity index (χ1n) is 11.1. The van der Waals surface area contributed by atoms with E-state index in [1.165, 1.54) is 6.07 Å². The van der Waals surface area contributed by atoms with Crippen molar-refractivity contribution in [1.82, 2.24) is 19.3 Å². The summed E-state index contributed by atoms with van der Waals surface area (Å²) < 4.78 is 28.2. The molecule has 1 unspecified atom stereocenters. The van der Waals surface area contributed by atoms with Gasteiger partial charge in [0.25, 0.3) is 0 Å². The Labute approximate surface area is 186 Å². The summed E-state index contributed by atoms with van der Waals surface area (Å²) in [5.41, 5.74) is 1.30. The standard InChI is InChI=1S/C24H27FN4O3/c25-21-4-2-1-3-20(21)24(5-10-31-11-6-24)23(30)29-9-12-32-17-18(15-29)13-19-16-28-8-7-26-22(28)14-27-19/h1-4,7-8,14,16,18H,5-6,9-13,15,17H2. The number of ether oxygens (including phenoxy) is 2. The fourth-order valence-corrected chi connectivity index (χ4v) is 4.93. The van der Waals surface area contributed by atoms with Crippen LogP contribution in [0, 0.1) is 11.7 Å². The minimum absolute atomic E-state index is 0.0283. The third-order valence-corrected chi connectivity index (χ3v) is 6.60. The van der Waals surface area contributed by atoms with Crippen molar-refractivity contribution in [3.05, 3.63) is 66.1 Å². The molecular weight excluding hydrogens is 411 g/mol. The molecule has 168 valence electrons. The lowest BCUT2D eigenvalue weighted by Gasteiger charge is -2.40. The first kappa shape index (κ1) is 21.0. The molecule has 32 heavy (non-hydrogen) atoms. The number of carbonyl (C=O) groups excluding carboxylic acids is 1. The number of rotatable bonds is 4. The summed E-state index contributed by atoms with van der Waals surface area (Å²) in [4.78, 5) is 24.6. The topological polar surface area (TPSA) is 69.0 Å². The largest absolute Gasteiger partial charge is 0.381 e. The molecule has 1 aromatic carbocycles. The smallest absolute Gasteiger partial charge is 0.233 e. The van der Waals surface area contributed by atoms with E-state index in [4.69, 9.17) is 9.47 Å². The zero-order valence-corrected chi connectivity index (χ0v) is 18.0. The maximum atomic E-state index is 14.8. The zero-order chi connectivity index (χ0) is 22.0. The minimum atomic E-state index is -0.896. The van der Waals surface area contributed by atoms with Gasteiger partial charge in [-0.2, -0.15) is 0 Å². The number of imidazole rings is 1. The van der Waals surface area contributed by atoms with Crippen LogP contribution >= 0.6 is 0 Å². The van der Waals surface area contributed by atoms with Gasteiger partial charge >= 0.3 is 0 Å². The van der Waals surface area contributed by atoms with Crippen LogP contribution in [-0.2, 0) is 26.1 Å². The van der Waals surface area contributed by atoms with Gasteiger partial charge in [-0.25, -0.2) is 9.37 Å². The highest BCUT2D eigenvalue weighted by atomic mass is 19.1. The zero-order valence-electron chi connectivity index (χ0n) is 18.0. The third-order valence-electron chi connectivity index (χ3n) is 6.60. The molecular formula is C24H27FN4O3. The molecule has 1 amide bonds. The van der Waals surface area contributed by atoms with Crippen LogP contribution in [0.1, 0.15) is 24.1 Å². The Morgan fingerprint density at radius 1 is 1.16 bits per heavy atom. The van der Waals surface area contributed by atoms with Crippen molar-refractivity contribution < 1.29 is 18.7 Å². The van der Waals surface area contributed by atoms with E-state index in [0.29, 0.717) is 64.3 Å². The molecule has 0 aliphatic carbocycles. The highest BCUT2D eigenvalue weighted by molar-refractivity contribution is 5.88. The van der Waals surface area contributed by atoms with Crippen LogP contribution in [0.2, 0.25) is 0 Å². The molecule has 2 aromatic heterocycles. The average Bonchev–Trinajstić information content (AvgIpc) is 3.16. The summed E-state index contributed by atoms with van der Waals surface area (Å²) in [7, 11) is 0. The van der Waals surface area contributed by atoms with Gasteiger partial charge < -0.3 is 18.8 Å². The molecule has 0 saturated carbocycles. The second-order valence-electron chi connectivity index (χ2n) is 8.64. The van der Waals surface area contributed by atoms with Gasteiger partial charge in [0, 0.05) is 56.4 Å². The molecule has 0 bridgehead atoms. The van der Waals surface area contributed by atoms with Crippen LogP contribution in [0.25, 0.3) is 5.65 Å². The first-order chi connectivity index (χ1) is 15.7. The molecule has 2 saturated heterocycles. The maximum Gasteiger partial charge on any atom is 0.233 e. The Kier molecular flexibility index (Phi) is 5.89. The first-order valence-corrected chi connectivity index (χ1v) is 11.1. The van der Waals surface area contributed by atoms with Gasteiger partial charge in [0.1, 0.15) is 5.82 Å². The van der Waals surface area contributed by atoms with Gasteiger partial charge in [-0.05, 0) is 25.3 Å². The van der Waals surface area contributed by atoms with Gasteiger partial charge in [0.15, 0.2) is 5.65 Å². The molecule has 5 rings (SSSR count). The van der Waals surface area contributed by atoms with Crippen molar-refractivity contribution in [2.45, 2.75) is 24.7 Å². The fourth-order valence-electron chi connectivity index (χ4n) is 4.93. The van der Waals surface area contributed by atoms with Gasteiger partial charge in [0.2, 0.25) is 5.91 Å². The van der Waals surface area contributed by atoms with E-state index >= 15 is 0 Å². The fraction of sp³-hybridized carbons (Fsp3) is 0.458. The monoisotopic (exact) mass is 438 g/mol. The number of hydrogen-bond acceptors (Lipinski definition) is 5. The lowest BCUT2D eigenvalue weighted by molar-refractivity contribution is -0.142. The van der Waals surface area contributed by atoms with E-state index in [-0.39, 0.29) is 17.6 Å². The molecule has 2 fully saturated rings. The van der Waals surface area contributed by atoms with Crippen molar-refractivity contribution in [3.8, 4) is 0 Å². The van der Waals surface area contributed by atoms with Crippen LogP contribution in [0.15, 0.2) is 49.1 Å². The molecule has 3 aromatic rings. The molecule has 7 nitrogen and oxygen atoms in total. The summed E-state index contributed by atoms with van der Waals surface area (Å²) in [5, 5.41) is 0. The quantitative estimate of drug-likeness (QED) is 0.627. The normalized spacial score (nSPS) is 21.4. The van der Waals surface area contributed by atoms with E-state index < -0.39 is 5.41 Å². The van der Waals surface area contributed by atoms with Crippen LogP contribution in [0.3, 0.4) is 0 Å². The third kappa shape index (κ3) is 4.00. The molecule has 2 aliphatic rings. The lowest BCUT2D eigenvalue weighted by atomic mass is 9.72. The van der Waals surface area contributed by atoms with E-state index in [9.17, 15) is 9.18 Å². The van der Waals surface area contributed by atoms with Crippen LogP contribution in [0.5, 0.6) is 0 Å². The number of halogens is 1. The van der Waals surface area contributed by atoms with E-state index in [2.05, 4.69) is 9.97 Å². The van der Waals surface area contributed by atoms with Crippen LogP contribution in [-0.4, -0.2) is 64.7 Å². The molecule has 8 heteroatoms. The summed E-state index contributed by atoms with van der Waals surface area (Å²) in [5.74, 6) is -0.255. The number of aromatic nitrogens is 3. The van der Waals surface area contributed by atoms with Gasteiger partial charge in [-0.1, -0.05) is 18.2 Å². The minimum Gasteiger partial charge on any atom is -0.381 e. The van der Waals surface area contributed by atoms with Gasteiger partial charge in [-0.3, -0.25) is 9.78 Å². The van der Waals surface area contributed by atoms with E-state index in [1.54, 1.807) is 30.6 Å². The van der Waals surface area contributed by atoms with Gasteiger partial charge in [-0.15, -0.1) is 0 Å². The SMILES string of the molecule is O=C(N1CCOCC(Cc2cn3ccnc3cn2)C1)C1(c2ccccc2F)CCOCC1. The number of amides is 1. The predicted octanol–water partition coefficient (Wildman–Crippen LogP) is 2.63. The molecule has 4 heterocycles. The van der Waals surface area contributed by atoms with Crippen molar-refractivity contribution in [3.63, 3.8) is 0 Å². The number of benzene rings is 1. The average molecular weight is 439 g/mol. The Hall–Kier alpha value is -2.84. The van der Waals surface area contributed by atoms with E-state index in [0.717, 1.165) is 11.3 Å². The van der Waals surface area contributed by atoms with Crippen molar-refractivity contribution in [1.29, 1.82) is 0 Å². The number of fused-ring (bicyclic) bond motifs is 1. The molecule has 1 atom stereocenters. The Balaban J connectivity index is 1.39. The summed E-state index contributed by atoms with van der Waals surface area (Å²) in [6, 6.07) is 6.64. The number of nitrogens with zero attached hydrogens (tertiary/aromatic N) is 4. The highest BCUT2D eigenvalue weighted by Crippen LogP contribution is 2.38. The van der Waals surface area contributed by atoms with Crippen molar-refractivity contribution in [2.75, 3.05) is 39.5 Å². The summed E-state index contributed by atoms with van der Waals surface area (Å²) >= 11 is 0. The molecule has 0 spiro atoms. The van der Waals surface area contributed by atoms with Crippen molar-refractivity contribution >= 4 is 11.6 Å².